The monoisotopic (exact) mass is 345 g/mol. The highest BCUT2D eigenvalue weighted by molar-refractivity contribution is 7.16. The first-order valence-corrected chi connectivity index (χ1v) is 8.80. The quantitative estimate of drug-likeness (QED) is 0.704. The summed E-state index contributed by atoms with van der Waals surface area (Å²) >= 11 is 1.52. The number of rotatable bonds is 5. The van der Waals surface area contributed by atoms with Gasteiger partial charge in [-0.1, -0.05) is 29.5 Å². The molecule has 4 rings (SSSR count). The van der Waals surface area contributed by atoms with Gasteiger partial charge in [-0.05, 0) is 18.6 Å². The molecule has 0 radical (unpaired) electrons. The number of nitrogens with zero attached hydrogens (tertiary/aromatic N) is 5. The van der Waals surface area contributed by atoms with Gasteiger partial charge in [0.1, 0.15) is 12.4 Å². The minimum atomic E-state index is 0.440. The van der Waals surface area contributed by atoms with Crippen LogP contribution in [0.4, 0.5) is 0 Å². The summed E-state index contributed by atoms with van der Waals surface area (Å²) in [5.74, 6) is 1.75. The lowest BCUT2D eigenvalue weighted by molar-refractivity contribution is 0.0328. The lowest BCUT2D eigenvalue weighted by Crippen LogP contribution is -2.36. The van der Waals surface area contributed by atoms with E-state index in [9.17, 15) is 0 Å². The molecule has 2 aromatic heterocycles. The highest BCUT2D eigenvalue weighted by Crippen LogP contribution is 2.20. The number of fused-ring (bicyclic) bond motifs is 1. The van der Waals surface area contributed by atoms with Gasteiger partial charge in [0.05, 0.1) is 19.8 Å². The molecular formula is C16H19N5O2S. The molecule has 8 heteroatoms. The molecule has 0 unspecified atom stereocenters. The molecule has 126 valence electrons. The average molecular weight is 345 g/mol. The van der Waals surface area contributed by atoms with Crippen LogP contribution in [0.5, 0.6) is 5.75 Å². The van der Waals surface area contributed by atoms with Crippen LogP contribution in [0.2, 0.25) is 0 Å². The van der Waals surface area contributed by atoms with Crippen molar-refractivity contribution >= 4 is 16.3 Å². The molecule has 0 atom stereocenters. The van der Waals surface area contributed by atoms with Crippen LogP contribution < -0.4 is 4.74 Å². The summed E-state index contributed by atoms with van der Waals surface area (Å²) < 4.78 is 13.1. The van der Waals surface area contributed by atoms with Crippen molar-refractivity contribution in [3.63, 3.8) is 0 Å². The Labute approximate surface area is 143 Å². The van der Waals surface area contributed by atoms with Crippen molar-refractivity contribution in [2.45, 2.75) is 20.1 Å². The SMILES string of the molecule is Cc1ccccc1OCc1nn2c(CN3CCOCC3)nnc2s1. The summed E-state index contributed by atoms with van der Waals surface area (Å²) in [7, 11) is 0. The van der Waals surface area contributed by atoms with E-state index >= 15 is 0 Å². The highest BCUT2D eigenvalue weighted by atomic mass is 32.1. The molecule has 1 aromatic carbocycles. The lowest BCUT2D eigenvalue weighted by Gasteiger charge is -2.25. The fraction of sp³-hybridized carbons (Fsp3) is 0.438. The van der Waals surface area contributed by atoms with Crippen LogP contribution in [0.3, 0.4) is 0 Å². The maximum atomic E-state index is 5.87. The average Bonchev–Trinajstić information content (AvgIpc) is 3.17. The molecule has 1 fully saturated rings. The molecule has 7 nitrogen and oxygen atoms in total. The third-order valence-electron chi connectivity index (χ3n) is 4.01. The fourth-order valence-electron chi connectivity index (χ4n) is 2.67. The summed E-state index contributed by atoms with van der Waals surface area (Å²) in [6.45, 7) is 6.60. The van der Waals surface area contributed by atoms with Crippen LogP contribution in [-0.2, 0) is 17.9 Å². The molecular weight excluding hydrogens is 326 g/mol. The first-order valence-electron chi connectivity index (χ1n) is 7.98. The van der Waals surface area contributed by atoms with Crippen molar-refractivity contribution in [3.05, 3.63) is 40.7 Å². The summed E-state index contributed by atoms with van der Waals surface area (Å²) in [5, 5.41) is 14.0. The van der Waals surface area contributed by atoms with E-state index in [0.29, 0.717) is 6.61 Å². The number of aromatic nitrogens is 4. The third-order valence-corrected chi connectivity index (χ3v) is 4.88. The van der Waals surface area contributed by atoms with Crippen molar-refractivity contribution in [3.8, 4) is 5.75 Å². The van der Waals surface area contributed by atoms with Crippen LogP contribution in [0.1, 0.15) is 16.4 Å². The molecule has 0 N–H and O–H groups in total. The van der Waals surface area contributed by atoms with Gasteiger partial charge >= 0.3 is 0 Å². The van der Waals surface area contributed by atoms with E-state index in [1.54, 1.807) is 0 Å². The number of hydrogen-bond donors (Lipinski definition) is 0. The molecule has 24 heavy (non-hydrogen) atoms. The Morgan fingerprint density at radius 3 is 2.88 bits per heavy atom. The van der Waals surface area contributed by atoms with E-state index in [1.165, 1.54) is 11.3 Å². The predicted octanol–water partition coefficient (Wildman–Crippen LogP) is 1.91. The van der Waals surface area contributed by atoms with Gasteiger partial charge in [0, 0.05) is 13.1 Å². The second-order valence-electron chi connectivity index (χ2n) is 5.75. The first-order chi connectivity index (χ1) is 11.8. The van der Waals surface area contributed by atoms with Crippen LogP contribution in [0.25, 0.3) is 4.96 Å². The molecule has 1 aliphatic heterocycles. The van der Waals surface area contributed by atoms with Gasteiger partial charge in [-0.2, -0.15) is 9.61 Å². The van der Waals surface area contributed by atoms with Gasteiger partial charge < -0.3 is 9.47 Å². The van der Waals surface area contributed by atoms with E-state index in [-0.39, 0.29) is 0 Å². The van der Waals surface area contributed by atoms with Crippen LogP contribution in [0.15, 0.2) is 24.3 Å². The molecule has 0 spiro atoms. The molecule has 3 aromatic rings. The lowest BCUT2D eigenvalue weighted by atomic mass is 10.2. The van der Waals surface area contributed by atoms with Crippen LogP contribution in [0, 0.1) is 6.92 Å². The number of hydrogen-bond acceptors (Lipinski definition) is 7. The Bertz CT molecular complexity index is 825. The van der Waals surface area contributed by atoms with E-state index < -0.39 is 0 Å². The van der Waals surface area contributed by atoms with Crippen LogP contribution >= 0.6 is 11.3 Å². The van der Waals surface area contributed by atoms with Crippen molar-refractivity contribution in [2.24, 2.45) is 0 Å². The van der Waals surface area contributed by atoms with E-state index in [2.05, 4.69) is 20.2 Å². The topological polar surface area (TPSA) is 64.8 Å². The molecule has 1 saturated heterocycles. The van der Waals surface area contributed by atoms with Crippen molar-refractivity contribution < 1.29 is 9.47 Å². The molecule has 1 aliphatic rings. The van der Waals surface area contributed by atoms with E-state index in [1.807, 2.05) is 35.7 Å². The summed E-state index contributed by atoms with van der Waals surface area (Å²) in [6, 6.07) is 7.98. The molecule has 3 heterocycles. The van der Waals surface area contributed by atoms with Crippen LogP contribution in [-0.4, -0.2) is 51.0 Å². The number of morpholine rings is 1. The van der Waals surface area contributed by atoms with E-state index in [0.717, 1.165) is 60.0 Å². The standard InChI is InChI=1S/C16H19N5O2S/c1-12-4-2-3-5-13(12)23-11-15-19-21-14(17-18-16(21)24-15)10-20-6-8-22-9-7-20/h2-5H,6-11H2,1H3. The Kier molecular flexibility index (Phi) is 4.42. The van der Waals surface area contributed by atoms with Gasteiger partial charge in [-0.25, -0.2) is 0 Å². The minimum absolute atomic E-state index is 0.440. The largest absolute Gasteiger partial charge is 0.486 e. The first kappa shape index (κ1) is 15.5. The zero-order valence-corrected chi connectivity index (χ0v) is 14.3. The maximum absolute atomic E-state index is 5.87. The predicted molar refractivity (Wildman–Crippen MR) is 90.3 cm³/mol. The highest BCUT2D eigenvalue weighted by Gasteiger charge is 2.17. The molecule has 0 amide bonds. The summed E-state index contributed by atoms with van der Waals surface area (Å²) in [5.41, 5.74) is 1.12. The zero-order chi connectivity index (χ0) is 16.4. The molecule has 0 aliphatic carbocycles. The van der Waals surface area contributed by atoms with Gasteiger partial charge in [0.25, 0.3) is 0 Å². The second-order valence-corrected chi connectivity index (χ2v) is 6.79. The Morgan fingerprint density at radius 1 is 1.21 bits per heavy atom. The van der Waals surface area contributed by atoms with Crippen molar-refractivity contribution in [1.29, 1.82) is 0 Å². The maximum Gasteiger partial charge on any atom is 0.234 e. The summed E-state index contributed by atoms with van der Waals surface area (Å²) in [4.78, 5) is 3.12. The third kappa shape index (κ3) is 3.26. The number of benzene rings is 1. The van der Waals surface area contributed by atoms with Gasteiger partial charge in [-0.15, -0.1) is 10.2 Å². The smallest absolute Gasteiger partial charge is 0.234 e. The second kappa shape index (κ2) is 6.84. The van der Waals surface area contributed by atoms with E-state index in [4.69, 9.17) is 9.47 Å². The van der Waals surface area contributed by atoms with Crippen molar-refractivity contribution in [2.75, 3.05) is 26.3 Å². The molecule has 0 bridgehead atoms. The molecule has 0 saturated carbocycles. The Morgan fingerprint density at radius 2 is 2.04 bits per heavy atom. The number of aryl methyl sites for hydroxylation is 1. The van der Waals surface area contributed by atoms with Gasteiger partial charge in [0.15, 0.2) is 10.8 Å². The Balaban J connectivity index is 1.46. The summed E-state index contributed by atoms with van der Waals surface area (Å²) in [6.07, 6.45) is 0. The zero-order valence-electron chi connectivity index (χ0n) is 13.5. The van der Waals surface area contributed by atoms with Gasteiger partial charge in [0.2, 0.25) is 4.96 Å². The Hall–Kier alpha value is -2.03. The van der Waals surface area contributed by atoms with Gasteiger partial charge in [-0.3, -0.25) is 4.90 Å². The van der Waals surface area contributed by atoms with Crippen molar-refractivity contribution in [1.82, 2.24) is 24.7 Å². The fourth-order valence-corrected chi connectivity index (χ4v) is 3.44. The minimum Gasteiger partial charge on any atom is -0.486 e. The normalized spacial score (nSPS) is 15.9. The number of para-hydroxylation sites is 1. The number of ether oxygens (including phenoxy) is 2.